The van der Waals surface area contributed by atoms with Crippen LogP contribution in [0.3, 0.4) is 0 Å². The minimum atomic E-state index is -0.962. The van der Waals surface area contributed by atoms with Crippen molar-refractivity contribution in [3.8, 4) is 0 Å². The van der Waals surface area contributed by atoms with Crippen molar-refractivity contribution in [2.24, 2.45) is 5.92 Å². The normalized spacial score (nSPS) is 25.6. The first-order valence-electron chi connectivity index (χ1n) is 13.1. The Hall–Kier alpha value is -2.54. The molecular formula is C28H37N3O3S. The van der Waals surface area contributed by atoms with E-state index >= 15 is 0 Å². The molecule has 0 radical (unpaired) electrons. The zero-order chi connectivity index (χ0) is 24.7. The van der Waals surface area contributed by atoms with Crippen molar-refractivity contribution in [2.45, 2.75) is 96.8 Å². The van der Waals surface area contributed by atoms with Gasteiger partial charge in [0.15, 0.2) is 0 Å². The molecule has 1 N–H and O–H groups in total. The van der Waals surface area contributed by atoms with Crippen LogP contribution in [-0.2, 0) is 24.2 Å². The van der Waals surface area contributed by atoms with E-state index in [9.17, 15) is 9.59 Å². The number of fused-ring (bicyclic) bond motifs is 3. The zero-order valence-electron chi connectivity index (χ0n) is 21.3. The minimum Gasteiger partial charge on any atom is -0.469 e. The fraction of sp³-hybridized carbons (Fsp3) is 0.571. The molecule has 1 aliphatic carbocycles. The van der Waals surface area contributed by atoms with Crippen LogP contribution in [-0.4, -0.2) is 38.9 Å². The SMILES string of the molecule is CCc1cc2c(cc3n2C[C@](C)(C(=O)NC2CCC(C)CC2)N([C@@H](C)CCc2ccco2)C3=O)s1. The minimum absolute atomic E-state index is 0.0336. The van der Waals surface area contributed by atoms with Crippen LogP contribution in [0.2, 0.25) is 0 Å². The van der Waals surface area contributed by atoms with Crippen LogP contribution in [0, 0.1) is 5.92 Å². The summed E-state index contributed by atoms with van der Waals surface area (Å²) >= 11 is 1.74. The molecule has 1 aliphatic heterocycles. The predicted molar refractivity (Wildman–Crippen MR) is 140 cm³/mol. The van der Waals surface area contributed by atoms with E-state index in [0.717, 1.165) is 66.8 Å². The molecule has 2 atom stereocenters. The summed E-state index contributed by atoms with van der Waals surface area (Å²) in [5.41, 5.74) is 0.801. The number of hydrogen-bond donors (Lipinski definition) is 1. The topological polar surface area (TPSA) is 67.5 Å². The largest absolute Gasteiger partial charge is 0.469 e. The number of aryl methyl sites for hydroxylation is 2. The van der Waals surface area contributed by atoms with E-state index in [1.54, 1.807) is 17.6 Å². The highest BCUT2D eigenvalue weighted by Crippen LogP contribution is 2.38. The summed E-state index contributed by atoms with van der Waals surface area (Å²) in [6, 6.07) is 8.14. The third kappa shape index (κ3) is 4.44. The summed E-state index contributed by atoms with van der Waals surface area (Å²) in [6.45, 7) is 8.92. The molecule has 5 rings (SSSR count). The number of thiophene rings is 1. The molecule has 2 aliphatic rings. The van der Waals surface area contributed by atoms with Crippen LogP contribution in [0.4, 0.5) is 0 Å². The van der Waals surface area contributed by atoms with Gasteiger partial charge in [0.2, 0.25) is 5.91 Å². The predicted octanol–water partition coefficient (Wildman–Crippen LogP) is 5.79. The number of hydrogen-bond acceptors (Lipinski definition) is 4. The lowest BCUT2D eigenvalue weighted by atomic mass is 9.86. The van der Waals surface area contributed by atoms with Gasteiger partial charge in [0.1, 0.15) is 17.0 Å². The van der Waals surface area contributed by atoms with Crippen molar-refractivity contribution >= 4 is 33.4 Å². The molecule has 2 amide bonds. The maximum absolute atomic E-state index is 14.0. The number of amides is 2. The van der Waals surface area contributed by atoms with Crippen molar-refractivity contribution in [3.63, 3.8) is 0 Å². The van der Waals surface area contributed by atoms with Crippen LogP contribution in [0.5, 0.6) is 0 Å². The molecule has 0 bridgehead atoms. The smallest absolute Gasteiger partial charge is 0.271 e. The first-order valence-corrected chi connectivity index (χ1v) is 13.9. The lowest BCUT2D eigenvalue weighted by Crippen LogP contribution is -2.67. The number of rotatable bonds is 7. The van der Waals surface area contributed by atoms with Crippen molar-refractivity contribution in [1.82, 2.24) is 14.8 Å². The van der Waals surface area contributed by atoms with Crippen molar-refractivity contribution in [2.75, 3.05) is 0 Å². The first-order chi connectivity index (χ1) is 16.8. The highest BCUT2D eigenvalue weighted by atomic mass is 32.1. The van der Waals surface area contributed by atoms with E-state index in [0.29, 0.717) is 12.2 Å². The molecule has 188 valence electrons. The summed E-state index contributed by atoms with van der Waals surface area (Å²) in [7, 11) is 0. The Balaban J connectivity index is 1.47. The number of nitrogens with one attached hydrogen (secondary N) is 1. The fourth-order valence-electron chi connectivity index (χ4n) is 5.89. The number of nitrogens with zero attached hydrogens (tertiary/aromatic N) is 2. The highest BCUT2D eigenvalue weighted by molar-refractivity contribution is 7.19. The second-order valence-corrected chi connectivity index (χ2v) is 11.9. The van der Waals surface area contributed by atoms with Gasteiger partial charge >= 0.3 is 0 Å². The summed E-state index contributed by atoms with van der Waals surface area (Å²) in [5.74, 6) is 1.53. The molecule has 4 heterocycles. The molecule has 1 fully saturated rings. The number of carbonyl (C=O) groups excluding carboxylic acids is 2. The number of furan rings is 1. The lowest BCUT2D eigenvalue weighted by Gasteiger charge is -2.47. The summed E-state index contributed by atoms with van der Waals surface area (Å²) in [6.07, 6.45) is 8.41. The molecular weight excluding hydrogens is 458 g/mol. The van der Waals surface area contributed by atoms with Gasteiger partial charge in [-0.1, -0.05) is 13.8 Å². The highest BCUT2D eigenvalue weighted by Gasteiger charge is 2.50. The van der Waals surface area contributed by atoms with Crippen LogP contribution in [0.25, 0.3) is 10.2 Å². The standard InChI is InChI=1S/C28H37N3O3S/c1-5-22-15-23-25(35-22)16-24-26(32)31(19(3)10-13-21-7-6-14-34-21)28(4,17-30(23)24)27(33)29-20-11-8-18(2)9-12-20/h6-7,14-16,18-20H,5,8-13,17H2,1-4H3,(H,29,33)/t18?,19-,20?,28+/m0/s1. The molecule has 0 aromatic carbocycles. The molecule has 35 heavy (non-hydrogen) atoms. The fourth-order valence-corrected chi connectivity index (χ4v) is 6.94. The summed E-state index contributed by atoms with van der Waals surface area (Å²) < 4.78 is 8.74. The molecule has 7 heteroatoms. The van der Waals surface area contributed by atoms with Crippen LogP contribution in [0.1, 0.15) is 80.9 Å². The summed E-state index contributed by atoms with van der Waals surface area (Å²) in [5, 5.41) is 3.35. The molecule has 3 aromatic heterocycles. The van der Waals surface area contributed by atoms with Gasteiger partial charge in [-0.15, -0.1) is 11.3 Å². The van der Waals surface area contributed by atoms with Crippen LogP contribution < -0.4 is 5.32 Å². The zero-order valence-corrected chi connectivity index (χ0v) is 22.1. The van der Waals surface area contributed by atoms with E-state index in [4.69, 9.17) is 4.42 Å². The average molecular weight is 496 g/mol. The number of aromatic nitrogens is 1. The van der Waals surface area contributed by atoms with Gasteiger partial charge in [0, 0.05) is 23.4 Å². The van der Waals surface area contributed by atoms with Gasteiger partial charge in [-0.2, -0.15) is 0 Å². The van der Waals surface area contributed by atoms with E-state index in [1.807, 2.05) is 30.0 Å². The van der Waals surface area contributed by atoms with Gasteiger partial charge in [-0.05, 0) is 82.6 Å². The Labute approximate surface area is 211 Å². The lowest BCUT2D eigenvalue weighted by molar-refractivity contribution is -0.135. The van der Waals surface area contributed by atoms with Gasteiger partial charge in [-0.25, -0.2) is 0 Å². The van der Waals surface area contributed by atoms with Crippen LogP contribution in [0.15, 0.2) is 34.9 Å². The van der Waals surface area contributed by atoms with Gasteiger partial charge in [0.05, 0.1) is 23.0 Å². The van der Waals surface area contributed by atoms with E-state index in [2.05, 4.69) is 36.7 Å². The van der Waals surface area contributed by atoms with E-state index < -0.39 is 5.54 Å². The molecule has 1 saturated carbocycles. The first kappa shape index (κ1) is 24.2. The van der Waals surface area contributed by atoms with Gasteiger partial charge in [-0.3, -0.25) is 9.59 Å². The Morgan fingerprint density at radius 3 is 2.74 bits per heavy atom. The van der Waals surface area contributed by atoms with Crippen molar-refractivity contribution < 1.29 is 14.0 Å². The maximum Gasteiger partial charge on any atom is 0.271 e. The molecule has 3 aromatic rings. The Kier molecular flexibility index (Phi) is 6.55. The van der Waals surface area contributed by atoms with E-state index in [-0.39, 0.29) is 23.9 Å². The third-order valence-electron chi connectivity index (χ3n) is 8.09. The second kappa shape index (κ2) is 9.49. The molecule has 0 saturated heterocycles. The van der Waals surface area contributed by atoms with E-state index in [1.165, 1.54) is 4.88 Å². The van der Waals surface area contributed by atoms with Crippen molar-refractivity contribution in [1.29, 1.82) is 0 Å². The second-order valence-electron chi connectivity index (χ2n) is 10.8. The average Bonchev–Trinajstić information content (AvgIpc) is 3.56. The summed E-state index contributed by atoms with van der Waals surface area (Å²) in [4.78, 5) is 31.1. The quantitative estimate of drug-likeness (QED) is 0.451. The Bertz CT molecular complexity index is 1200. The van der Waals surface area contributed by atoms with Crippen LogP contribution >= 0.6 is 11.3 Å². The van der Waals surface area contributed by atoms with Crippen molar-refractivity contribution in [3.05, 3.63) is 46.9 Å². The maximum atomic E-state index is 14.0. The molecule has 0 spiro atoms. The van der Waals surface area contributed by atoms with Gasteiger partial charge in [0.25, 0.3) is 5.91 Å². The third-order valence-corrected chi connectivity index (χ3v) is 9.31. The Morgan fingerprint density at radius 2 is 2.06 bits per heavy atom. The monoisotopic (exact) mass is 495 g/mol. The Morgan fingerprint density at radius 1 is 1.29 bits per heavy atom. The van der Waals surface area contributed by atoms with Gasteiger partial charge < -0.3 is 19.2 Å². The molecule has 0 unspecified atom stereocenters. The molecule has 6 nitrogen and oxygen atoms in total. The number of carbonyl (C=O) groups is 2.